The van der Waals surface area contributed by atoms with Crippen molar-refractivity contribution in [3.05, 3.63) is 30.1 Å². The lowest BCUT2D eigenvalue weighted by Crippen LogP contribution is -2.53. The van der Waals surface area contributed by atoms with Crippen LogP contribution in [-0.2, 0) is 9.47 Å². The Balaban J connectivity index is 1.52. The average Bonchev–Trinajstić information content (AvgIpc) is 3.18. The van der Waals surface area contributed by atoms with Gasteiger partial charge in [-0.15, -0.1) is 0 Å². The molecule has 2 fully saturated rings. The Hall–Kier alpha value is -1.70. The number of urea groups is 1. The quantitative estimate of drug-likeness (QED) is 0.807. The fourth-order valence-electron chi connectivity index (χ4n) is 3.54. The molecule has 0 saturated carbocycles. The highest BCUT2D eigenvalue weighted by Crippen LogP contribution is 2.22. The van der Waals surface area contributed by atoms with Crippen LogP contribution >= 0.6 is 0 Å². The highest BCUT2D eigenvalue weighted by molar-refractivity contribution is 5.74. The number of carbonyl (C=O) groups is 1. The summed E-state index contributed by atoms with van der Waals surface area (Å²) in [7, 11) is 0. The van der Waals surface area contributed by atoms with Gasteiger partial charge in [0.05, 0.1) is 25.9 Å². The molecular formula is C18H28N4O3. The van der Waals surface area contributed by atoms with Crippen molar-refractivity contribution in [3.8, 4) is 0 Å². The Morgan fingerprint density at radius 1 is 1.28 bits per heavy atom. The summed E-state index contributed by atoms with van der Waals surface area (Å²) in [5, 5.41) is 6.05. The molecule has 3 heterocycles. The number of amides is 2. The topological polar surface area (TPSA) is 75.7 Å². The van der Waals surface area contributed by atoms with Crippen molar-refractivity contribution in [2.24, 2.45) is 5.92 Å². The molecule has 0 aliphatic carbocycles. The molecule has 1 aromatic rings. The average molecular weight is 348 g/mol. The maximum atomic E-state index is 12.3. The standard InChI is InChI=1S/C18H28N4O3/c1-14(15-2-5-19-6-3-15)21-18(23)20-12-17(16-4-9-25-13-16)22-7-10-24-11-8-22/h2-3,5-6,14,16-17H,4,7-13H2,1H3,(H2,20,21,23). The van der Waals surface area contributed by atoms with Crippen molar-refractivity contribution in [3.63, 3.8) is 0 Å². The molecule has 138 valence electrons. The number of nitrogens with zero attached hydrogens (tertiary/aromatic N) is 2. The number of nitrogens with one attached hydrogen (secondary N) is 2. The van der Waals surface area contributed by atoms with Crippen LogP contribution in [-0.4, -0.2) is 68.0 Å². The number of aromatic nitrogens is 1. The molecular weight excluding hydrogens is 320 g/mol. The Kier molecular flexibility index (Phi) is 6.61. The number of pyridine rings is 1. The van der Waals surface area contributed by atoms with Gasteiger partial charge in [-0.25, -0.2) is 4.79 Å². The van der Waals surface area contributed by atoms with Crippen molar-refractivity contribution in [2.75, 3.05) is 46.1 Å². The zero-order valence-electron chi connectivity index (χ0n) is 14.8. The number of rotatable bonds is 6. The van der Waals surface area contributed by atoms with Gasteiger partial charge in [0, 0.05) is 50.6 Å². The van der Waals surface area contributed by atoms with E-state index in [1.165, 1.54) is 0 Å². The Labute approximate surface area is 149 Å². The lowest BCUT2D eigenvalue weighted by Gasteiger charge is -2.37. The molecule has 3 atom stereocenters. The third-order valence-electron chi connectivity index (χ3n) is 5.05. The van der Waals surface area contributed by atoms with E-state index in [0.717, 1.165) is 51.5 Å². The summed E-state index contributed by atoms with van der Waals surface area (Å²) in [6, 6.07) is 3.93. The summed E-state index contributed by atoms with van der Waals surface area (Å²) < 4.78 is 11.0. The van der Waals surface area contributed by atoms with Gasteiger partial charge in [-0.05, 0) is 31.0 Å². The summed E-state index contributed by atoms with van der Waals surface area (Å²) in [4.78, 5) is 18.7. The van der Waals surface area contributed by atoms with Crippen molar-refractivity contribution in [1.29, 1.82) is 0 Å². The fourth-order valence-corrected chi connectivity index (χ4v) is 3.54. The highest BCUT2D eigenvalue weighted by atomic mass is 16.5. The van der Waals surface area contributed by atoms with Gasteiger partial charge in [-0.1, -0.05) is 0 Å². The number of carbonyl (C=O) groups excluding carboxylic acids is 1. The van der Waals surface area contributed by atoms with Gasteiger partial charge in [-0.2, -0.15) is 0 Å². The minimum absolute atomic E-state index is 0.0559. The second-order valence-corrected chi connectivity index (χ2v) is 6.70. The minimum atomic E-state index is -0.138. The van der Waals surface area contributed by atoms with E-state index in [2.05, 4.69) is 20.5 Å². The van der Waals surface area contributed by atoms with Crippen LogP contribution in [0.3, 0.4) is 0 Å². The molecule has 2 aliphatic heterocycles. The zero-order valence-corrected chi connectivity index (χ0v) is 14.8. The summed E-state index contributed by atoms with van der Waals surface area (Å²) in [5.74, 6) is 0.469. The lowest BCUT2D eigenvalue weighted by atomic mass is 9.97. The first-order chi connectivity index (χ1) is 12.2. The predicted octanol–water partition coefficient (Wildman–Crippen LogP) is 1.18. The molecule has 7 nitrogen and oxygen atoms in total. The zero-order chi connectivity index (χ0) is 17.5. The molecule has 2 N–H and O–H groups in total. The minimum Gasteiger partial charge on any atom is -0.381 e. The fraction of sp³-hybridized carbons (Fsp3) is 0.667. The summed E-state index contributed by atoms with van der Waals surface area (Å²) in [6.45, 7) is 7.54. The van der Waals surface area contributed by atoms with Gasteiger partial charge in [0.15, 0.2) is 0 Å². The third-order valence-corrected chi connectivity index (χ3v) is 5.05. The number of ether oxygens (including phenoxy) is 2. The van der Waals surface area contributed by atoms with Crippen molar-refractivity contribution in [2.45, 2.75) is 25.4 Å². The molecule has 2 amide bonds. The number of hydrogen-bond donors (Lipinski definition) is 2. The van der Waals surface area contributed by atoms with E-state index in [0.29, 0.717) is 18.5 Å². The first kappa shape index (κ1) is 18.1. The van der Waals surface area contributed by atoms with E-state index in [1.54, 1.807) is 12.4 Å². The van der Waals surface area contributed by atoms with Crippen LogP contribution in [0.4, 0.5) is 4.79 Å². The molecule has 7 heteroatoms. The molecule has 0 radical (unpaired) electrons. The summed E-state index contributed by atoms with van der Waals surface area (Å²) >= 11 is 0. The molecule has 0 aromatic carbocycles. The van der Waals surface area contributed by atoms with E-state index >= 15 is 0 Å². The molecule has 1 aromatic heterocycles. The van der Waals surface area contributed by atoms with Gasteiger partial charge < -0.3 is 20.1 Å². The van der Waals surface area contributed by atoms with Crippen LogP contribution in [0.1, 0.15) is 24.9 Å². The lowest BCUT2D eigenvalue weighted by molar-refractivity contribution is 0.00211. The van der Waals surface area contributed by atoms with Crippen LogP contribution in [0.25, 0.3) is 0 Å². The molecule has 2 saturated heterocycles. The molecule has 25 heavy (non-hydrogen) atoms. The smallest absolute Gasteiger partial charge is 0.315 e. The maximum absolute atomic E-state index is 12.3. The van der Waals surface area contributed by atoms with Gasteiger partial charge in [-0.3, -0.25) is 9.88 Å². The SMILES string of the molecule is CC(NC(=O)NCC(C1CCOC1)N1CCOCC1)c1ccncc1. The molecule has 0 bridgehead atoms. The van der Waals surface area contributed by atoms with Gasteiger partial charge in [0.2, 0.25) is 0 Å². The van der Waals surface area contributed by atoms with Crippen molar-refractivity contribution < 1.29 is 14.3 Å². The summed E-state index contributed by atoms with van der Waals surface area (Å²) in [5.41, 5.74) is 1.04. The molecule has 2 aliphatic rings. The highest BCUT2D eigenvalue weighted by Gasteiger charge is 2.31. The van der Waals surface area contributed by atoms with Crippen molar-refractivity contribution in [1.82, 2.24) is 20.5 Å². The van der Waals surface area contributed by atoms with Crippen molar-refractivity contribution >= 4 is 6.03 Å². The van der Waals surface area contributed by atoms with Gasteiger partial charge in [0.1, 0.15) is 0 Å². The molecule has 3 unspecified atom stereocenters. The molecule has 3 rings (SSSR count). The van der Waals surface area contributed by atoms with E-state index in [9.17, 15) is 4.79 Å². The Morgan fingerprint density at radius 3 is 2.72 bits per heavy atom. The Bertz CT molecular complexity index is 530. The predicted molar refractivity (Wildman–Crippen MR) is 94.3 cm³/mol. The monoisotopic (exact) mass is 348 g/mol. The normalized spacial score (nSPS) is 23.8. The molecule has 0 spiro atoms. The second-order valence-electron chi connectivity index (χ2n) is 6.70. The van der Waals surface area contributed by atoms with Crippen LogP contribution in [0.15, 0.2) is 24.5 Å². The first-order valence-corrected chi connectivity index (χ1v) is 9.08. The first-order valence-electron chi connectivity index (χ1n) is 9.08. The van der Waals surface area contributed by atoms with E-state index in [-0.39, 0.29) is 12.1 Å². The Morgan fingerprint density at radius 2 is 2.04 bits per heavy atom. The van der Waals surface area contributed by atoms with E-state index < -0.39 is 0 Å². The van der Waals surface area contributed by atoms with Gasteiger partial charge >= 0.3 is 6.03 Å². The van der Waals surface area contributed by atoms with Gasteiger partial charge in [0.25, 0.3) is 0 Å². The van der Waals surface area contributed by atoms with Crippen LogP contribution < -0.4 is 10.6 Å². The van der Waals surface area contributed by atoms with Crippen LogP contribution in [0.2, 0.25) is 0 Å². The number of morpholine rings is 1. The van der Waals surface area contributed by atoms with Crippen LogP contribution in [0.5, 0.6) is 0 Å². The van der Waals surface area contributed by atoms with E-state index in [1.807, 2.05) is 19.1 Å². The van der Waals surface area contributed by atoms with E-state index in [4.69, 9.17) is 9.47 Å². The van der Waals surface area contributed by atoms with Crippen LogP contribution in [0, 0.1) is 5.92 Å². The third kappa shape index (κ3) is 5.14. The largest absolute Gasteiger partial charge is 0.381 e. The second kappa shape index (κ2) is 9.12. The maximum Gasteiger partial charge on any atom is 0.315 e. The summed E-state index contributed by atoms with van der Waals surface area (Å²) in [6.07, 6.45) is 4.53. The number of hydrogen-bond acceptors (Lipinski definition) is 5.